The van der Waals surface area contributed by atoms with Crippen LogP contribution in [0.25, 0.3) is 10.2 Å². The van der Waals surface area contributed by atoms with Crippen molar-refractivity contribution in [2.45, 2.75) is 25.8 Å². The van der Waals surface area contributed by atoms with Gasteiger partial charge in [-0.05, 0) is 13.3 Å². The van der Waals surface area contributed by atoms with E-state index in [1.165, 1.54) is 0 Å². The Hall–Kier alpha value is -1.21. The summed E-state index contributed by atoms with van der Waals surface area (Å²) in [7, 11) is 0. The van der Waals surface area contributed by atoms with E-state index in [-0.39, 0.29) is 15.8 Å². The zero-order chi connectivity index (χ0) is 14.5. The molecule has 0 aliphatic carbocycles. The lowest BCUT2D eigenvalue weighted by Crippen LogP contribution is -2.19. The van der Waals surface area contributed by atoms with Gasteiger partial charge in [-0.15, -0.1) is 23.1 Å². The topological polar surface area (TPSA) is 45.5 Å². The van der Waals surface area contributed by atoms with Crippen molar-refractivity contribution < 1.29 is 13.9 Å². The molecule has 1 atom stereocenters. The lowest BCUT2D eigenvalue weighted by molar-refractivity contribution is 0.400. The van der Waals surface area contributed by atoms with Crippen LogP contribution in [0, 0.1) is 11.6 Å². The summed E-state index contributed by atoms with van der Waals surface area (Å²) in [5.74, 6) is -2.04. The summed E-state index contributed by atoms with van der Waals surface area (Å²) in [6, 6.07) is 1.05. The van der Waals surface area contributed by atoms with Crippen LogP contribution in [0.15, 0.2) is 11.1 Å². The number of aliphatic imine (C=N–C) groups is 1. The van der Waals surface area contributed by atoms with E-state index >= 15 is 0 Å². The van der Waals surface area contributed by atoms with Gasteiger partial charge >= 0.3 is 0 Å². The molecular formula is C13H12F2N2OS2. The Kier molecular flexibility index (Phi) is 3.21. The number of thioether (sulfide) groups is 1. The molecule has 1 unspecified atom stereocenters. The highest BCUT2D eigenvalue weighted by Crippen LogP contribution is 2.38. The molecule has 7 heteroatoms. The molecule has 0 fully saturated rings. The molecule has 0 amide bonds. The van der Waals surface area contributed by atoms with E-state index in [1.807, 2.05) is 0 Å². The van der Waals surface area contributed by atoms with E-state index in [9.17, 15) is 13.9 Å². The van der Waals surface area contributed by atoms with Crippen molar-refractivity contribution in [3.63, 3.8) is 0 Å². The van der Waals surface area contributed by atoms with Crippen LogP contribution >= 0.6 is 23.1 Å². The first-order valence-corrected chi connectivity index (χ1v) is 7.94. The summed E-state index contributed by atoms with van der Waals surface area (Å²) in [6.45, 7) is 4.13. The molecule has 1 aliphatic rings. The summed E-state index contributed by atoms with van der Waals surface area (Å²) in [6.07, 6.45) is 0.915. The predicted octanol–water partition coefficient (Wildman–Crippen LogP) is 3.94. The Morgan fingerprint density at radius 1 is 1.45 bits per heavy atom. The molecular weight excluding hydrogens is 302 g/mol. The molecule has 1 aliphatic heterocycles. The van der Waals surface area contributed by atoms with Gasteiger partial charge in [-0.2, -0.15) is 0 Å². The van der Waals surface area contributed by atoms with Gasteiger partial charge < -0.3 is 5.11 Å². The lowest BCUT2D eigenvalue weighted by atomic mass is 10.0. The van der Waals surface area contributed by atoms with E-state index in [2.05, 4.69) is 23.8 Å². The van der Waals surface area contributed by atoms with Crippen LogP contribution in [0.2, 0.25) is 0 Å². The first-order chi connectivity index (χ1) is 9.43. The molecule has 3 nitrogen and oxygen atoms in total. The average Bonchev–Trinajstić information content (AvgIpc) is 3.01. The van der Waals surface area contributed by atoms with Crippen molar-refractivity contribution in [3.05, 3.63) is 22.7 Å². The second-order valence-corrected chi connectivity index (χ2v) is 6.91. The van der Waals surface area contributed by atoms with Crippen LogP contribution in [0.3, 0.4) is 0 Å². The number of phenolic OH excluding ortho intramolecular Hbond substituents is 1. The molecule has 1 aromatic carbocycles. The Balaban J connectivity index is 2.11. The van der Waals surface area contributed by atoms with Crippen LogP contribution < -0.4 is 0 Å². The van der Waals surface area contributed by atoms with E-state index < -0.39 is 17.4 Å². The van der Waals surface area contributed by atoms with Gasteiger partial charge in [0.25, 0.3) is 0 Å². The largest absolute Gasteiger partial charge is 0.503 e. The first kappa shape index (κ1) is 13.8. The monoisotopic (exact) mass is 314 g/mol. The summed E-state index contributed by atoms with van der Waals surface area (Å²) < 4.78 is 27.3. The maximum absolute atomic E-state index is 13.8. The zero-order valence-electron chi connectivity index (χ0n) is 10.9. The van der Waals surface area contributed by atoms with Crippen molar-refractivity contribution in [1.82, 2.24) is 4.98 Å². The first-order valence-electron chi connectivity index (χ1n) is 6.14. The smallest absolute Gasteiger partial charge is 0.189 e. The second kappa shape index (κ2) is 4.66. The van der Waals surface area contributed by atoms with E-state index in [0.29, 0.717) is 5.01 Å². The highest BCUT2D eigenvalue weighted by Gasteiger charge is 2.31. The molecule has 1 N–H and O–H groups in total. The zero-order valence-corrected chi connectivity index (χ0v) is 12.5. The number of thiazole rings is 1. The summed E-state index contributed by atoms with van der Waals surface area (Å²) in [4.78, 5) is 8.86. The van der Waals surface area contributed by atoms with Gasteiger partial charge in [0.15, 0.2) is 17.4 Å². The maximum Gasteiger partial charge on any atom is 0.189 e. The highest BCUT2D eigenvalue weighted by molar-refractivity contribution is 8.15. The van der Waals surface area contributed by atoms with Crippen molar-refractivity contribution in [1.29, 1.82) is 0 Å². The van der Waals surface area contributed by atoms with Gasteiger partial charge in [0.1, 0.15) is 10.1 Å². The molecule has 0 saturated carbocycles. The number of nitrogens with zero attached hydrogens (tertiary/aromatic N) is 2. The van der Waals surface area contributed by atoms with Gasteiger partial charge in [-0.25, -0.2) is 13.8 Å². The van der Waals surface area contributed by atoms with Crippen LogP contribution in [-0.4, -0.2) is 26.4 Å². The van der Waals surface area contributed by atoms with Crippen LogP contribution in [0.1, 0.15) is 25.3 Å². The molecule has 0 saturated heterocycles. The summed E-state index contributed by atoms with van der Waals surface area (Å²) in [5.41, 5.74) is 0.0928. The van der Waals surface area contributed by atoms with Gasteiger partial charge in [0.2, 0.25) is 0 Å². The number of rotatable bonds is 2. The summed E-state index contributed by atoms with van der Waals surface area (Å²) in [5, 5.41) is 10.6. The summed E-state index contributed by atoms with van der Waals surface area (Å²) >= 11 is 2.67. The minimum atomic E-state index is -0.994. The van der Waals surface area contributed by atoms with Gasteiger partial charge in [0, 0.05) is 11.8 Å². The fraction of sp³-hybridized carbons (Fsp3) is 0.385. The minimum absolute atomic E-state index is 0.121. The SMILES string of the molecule is CCC1(C)CSC(c2nc3cc(F)c(O)c(F)c3s2)=N1. The molecule has 0 radical (unpaired) electrons. The number of halogens is 2. The molecule has 3 rings (SSSR count). The van der Waals surface area contributed by atoms with Gasteiger partial charge in [0.05, 0.1) is 15.8 Å². The van der Waals surface area contributed by atoms with Gasteiger partial charge in [-0.1, -0.05) is 6.92 Å². The highest BCUT2D eigenvalue weighted by atomic mass is 32.2. The van der Waals surface area contributed by atoms with Crippen LogP contribution in [0.5, 0.6) is 5.75 Å². The molecule has 1 aromatic heterocycles. The number of fused-ring (bicyclic) bond motifs is 1. The van der Waals surface area contributed by atoms with Crippen molar-refractivity contribution >= 4 is 38.4 Å². The van der Waals surface area contributed by atoms with E-state index in [1.54, 1.807) is 11.8 Å². The third kappa shape index (κ3) is 2.09. The Morgan fingerprint density at radius 3 is 2.85 bits per heavy atom. The molecule has 106 valence electrons. The quantitative estimate of drug-likeness (QED) is 0.913. The van der Waals surface area contributed by atoms with Crippen LogP contribution in [0.4, 0.5) is 8.78 Å². The molecule has 0 spiro atoms. The van der Waals surface area contributed by atoms with Crippen molar-refractivity contribution in [3.8, 4) is 5.75 Å². The van der Waals surface area contributed by atoms with Crippen LogP contribution in [-0.2, 0) is 0 Å². The number of hydrogen-bond donors (Lipinski definition) is 1. The normalized spacial score (nSPS) is 22.5. The fourth-order valence-corrected chi connectivity index (χ4v) is 4.24. The molecule has 2 heterocycles. The number of hydrogen-bond acceptors (Lipinski definition) is 5. The molecule has 20 heavy (non-hydrogen) atoms. The predicted molar refractivity (Wildman–Crippen MR) is 78.9 cm³/mol. The Bertz CT molecular complexity index is 729. The standard InChI is InChI=1S/C13H12F2N2OS2/c1-3-13(2)5-19-12(17-13)11-16-7-4-6(14)9(18)8(15)10(7)20-11/h4,18H,3,5H2,1-2H3. The minimum Gasteiger partial charge on any atom is -0.503 e. The van der Waals surface area contributed by atoms with E-state index in [4.69, 9.17) is 0 Å². The third-order valence-electron chi connectivity index (χ3n) is 3.39. The number of aromatic nitrogens is 1. The fourth-order valence-electron chi connectivity index (χ4n) is 1.90. The molecule has 2 aromatic rings. The average molecular weight is 314 g/mol. The van der Waals surface area contributed by atoms with Gasteiger partial charge in [-0.3, -0.25) is 4.99 Å². The lowest BCUT2D eigenvalue weighted by Gasteiger charge is -2.15. The number of phenols is 1. The Morgan fingerprint density at radius 2 is 2.20 bits per heavy atom. The van der Waals surface area contributed by atoms with E-state index in [0.717, 1.165) is 34.6 Å². The third-order valence-corrected chi connectivity index (χ3v) is 5.91. The number of benzene rings is 1. The second-order valence-electron chi connectivity index (χ2n) is 4.94. The maximum atomic E-state index is 13.8. The number of aromatic hydroxyl groups is 1. The Labute approximate surface area is 122 Å². The van der Waals surface area contributed by atoms with Crippen molar-refractivity contribution in [2.75, 3.05) is 5.75 Å². The molecule has 0 bridgehead atoms. The van der Waals surface area contributed by atoms with Crippen molar-refractivity contribution in [2.24, 2.45) is 4.99 Å².